The van der Waals surface area contributed by atoms with Gasteiger partial charge in [0.2, 0.25) is 5.91 Å². The molecule has 0 heterocycles. The van der Waals surface area contributed by atoms with Crippen LogP contribution in [0.3, 0.4) is 0 Å². The number of benzene rings is 1. The molecule has 0 atom stereocenters. The number of aryl methyl sites for hydroxylation is 1. The summed E-state index contributed by atoms with van der Waals surface area (Å²) in [6, 6.07) is 5.76. The summed E-state index contributed by atoms with van der Waals surface area (Å²) < 4.78 is 5.65. The van der Waals surface area contributed by atoms with Gasteiger partial charge in [0.25, 0.3) is 0 Å². The Morgan fingerprint density at radius 1 is 1.22 bits per heavy atom. The van der Waals surface area contributed by atoms with Gasteiger partial charge in [-0.15, -0.1) is 0 Å². The Balaban J connectivity index is 2.90. The van der Waals surface area contributed by atoms with Crippen molar-refractivity contribution in [3.63, 3.8) is 0 Å². The maximum Gasteiger partial charge on any atom is 0.229 e. The van der Waals surface area contributed by atoms with Crippen molar-refractivity contribution in [3.8, 4) is 5.75 Å². The summed E-state index contributed by atoms with van der Waals surface area (Å²) in [5.41, 5.74) is 1.45. The van der Waals surface area contributed by atoms with Crippen LogP contribution in [0.5, 0.6) is 5.75 Å². The molecule has 3 nitrogen and oxygen atoms in total. The third kappa shape index (κ3) is 4.40. The average Bonchev–Trinajstić information content (AvgIpc) is 2.13. The highest BCUT2D eigenvalue weighted by molar-refractivity contribution is 5.94. The Kier molecular flexibility index (Phi) is 4.38. The maximum absolute atomic E-state index is 11.9. The summed E-state index contributed by atoms with van der Waals surface area (Å²) in [5, 5.41) is 2.92. The highest BCUT2D eigenvalue weighted by Gasteiger charge is 2.21. The fourth-order valence-corrected chi connectivity index (χ4v) is 1.48. The van der Waals surface area contributed by atoms with Crippen LogP contribution in [-0.2, 0) is 4.79 Å². The van der Waals surface area contributed by atoms with E-state index in [0.29, 0.717) is 0 Å². The molecule has 1 rings (SSSR count). The van der Waals surface area contributed by atoms with Crippen LogP contribution in [0.1, 0.15) is 40.2 Å². The molecule has 1 aromatic carbocycles. The third-order valence-corrected chi connectivity index (χ3v) is 2.36. The predicted octanol–water partition coefficient (Wildman–Crippen LogP) is 3.77. The van der Waals surface area contributed by atoms with Gasteiger partial charge in [0.15, 0.2) is 0 Å². The zero-order valence-corrected chi connectivity index (χ0v) is 12.1. The zero-order chi connectivity index (χ0) is 13.9. The Labute approximate surface area is 110 Å². The van der Waals surface area contributed by atoms with Gasteiger partial charge in [0, 0.05) is 17.2 Å². The molecule has 1 amide bonds. The SMILES string of the molecule is Cc1cc(NC(=O)C(C)(C)C)cc(OC(C)C)c1. The van der Waals surface area contributed by atoms with E-state index in [0.717, 1.165) is 17.0 Å². The largest absolute Gasteiger partial charge is 0.491 e. The molecule has 0 aromatic heterocycles. The topological polar surface area (TPSA) is 38.3 Å². The number of rotatable bonds is 3. The predicted molar refractivity (Wildman–Crippen MR) is 75.0 cm³/mol. The molecule has 0 saturated carbocycles. The number of hydrogen-bond acceptors (Lipinski definition) is 2. The summed E-state index contributed by atoms with van der Waals surface area (Å²) in [4.78, 5) is 11.9. The van der Waals surface area contributed by atoms with E-state index < -0.39 is 5.41 Å². The zero-order valence-electron chi connectivity index (χ0n) is 12.1. The lowest BCUT2D eigenvalue weighted by atomic mass is 9.95. The number of anilines is 1. The fourth-order valence-electron chi connectivity index (χ4n) is 1.48. The molecule has 0 fully saturated rings. The maximum atomic E-state index is 11.9. The van der Waals surface area contributed by atoms with Crippen LogP contribution in [0.2, 0.25) is 0 Å². The summed E-state index contributed by atoms with van der Waals surface area (Å²) in [7, 11) is 0. The van der Waals surface area contributed by atoms with Crippen LogP contribution in [0.15, 0.2) is 18.2 Å². The third-order valence-electron chi connectivity index (χ3n) is 2.36. The van der Waals surface area contributed by atoms with Crippen LogP contribution in [-0.4, -0.2) is 12.0 Å². The van der Waals surface area contributed by atoms with E-state index in [4.69, 9.17) is 4.74 Å². The Morgan fingerprint density at radius 3 is 2.33 bits per heavy atom. The van der Waals surface area contributed by atoms with Crippen molar-refractivity contribution in [1.29, 1.82) is 0 Å². The molecule has 1 N–H and O–H groups in total. The number of hydrogen-bond donors (Lipinski definition) is 1. The number of carbonyl (C=O) groups is 1. The van der Waals surface area contributed by atoms with E-state index in [2.05, 4.69) is 5.32 Å². The first-order valence-electron chi connectivity index (χ1n) is 6.28. The van der Waals surface area contributed by atoms with Gasteiger partial charge < -0.3 is 10.1 Å². The van der Waals surface area contributed by atoms with Gasteiger partial charge in [-0.1, -0.05) is 20.8 Å². The molecule has 0 unspecified atom stereocenters. The van der Waals surface area contributed by atoms with Crippen LogP contribution >= 0.6 is 0 Å². The number of nitrogens with one attached hydrogen (secondary N) is 1. The van der Waals surface area contributed by atoms with Crippen molar-refractivity contribution in [2.24, 2.45) is 5.41 Å². The van der Waals surface area contributed by atoms with Crippen molar-refractivity contribution in [2.75, 3.05) is 5.32 Å². The molecule has 0 bridgehead atoms. The van der Waals surface area contributed by atoms with E-state index in [1.54, 1.807) is 0 Å². The molecule has 100 valence electrons. The van der Waals surface area contributed by atoms with E-state index in [1.807, 2.05) is 59.7 Å². The van der Waals surface area contributed by atoms with Crippen molar-refractivity contribution in [2.45, 2.75) is 47.6 Å². The molecule has 3 heteroatoms. The van der Waals surface area contributed by atoms with E-state index >= 15 is 0 Å². The smallest absolute Gasteiger partial charge is 0.229 e. The van der Waals surface area contributed by atoms with Gasteiger partial charge in [-0.2, -0.15) is 0 Å². The Morgan fingerprint density at radius 2 is 1.83 bits per heavy atom. The van der Waals surface area contributed by atoms with Crippen LogP contribution in [0.4, 0.5) is 5.69 Å². The highest BCUT2D eigenvalue weighted by Crippen LogP contribution is 2.24. The lowest BCUT2D eigenvalue weighted by molar-refractivity contribution is -0.123. The Bertz CT molecular complexity index is 431. The molecule has 0 aliphatic rings. The van der Waals surface area contributed by atoms with Crippen LogP contribution in [0.25, 0.3) is 0 Å². The summed E-state index contributed by atoms with van der Waals surface area (Å²) in [6.45, 7) is 11.6. The quantitative estimate of drug-likeness (QED) is 0.885. The molecule has 1 aromatic rings. The lowest BCUT2D eigenvalue weighted by Crippen LogP contribution is -2.27. The normalized spacial score (nSPS) is 11.5. The van der Waals surface area contributed by atoms with Crippen molar-refractivity contribution >= 4 is 11.6 Å². The van der Waals surface area contributed by atoms with Gasteiger partial charge >= 0.3 is 0 Å². The average molecular weight is 249 g/mol. The molecule has 18 heavy (non-hydrogen) atoms. The molecular formula is C15H23NO2. The molecule has 0 aliphatic carbocycles. The van der Waals surface area contributed by atoms with Gasteiger partial charge in [0.1, 0.15) is 5.75 Å². The molecule has 0 radical (unpaired) electrons. The lowest BCUT2D eigenvalue weighted by Gasteiger charge is -2.19. The minimum atomic E-state index is -0.400. The first-order valence-corrected chi connectivity index (χ1v) is 6.28. The minimum Gasteiger partial charge on any atom is -0.491 e. The first kappa shape index (κ1) is 14.6. The molecule has 0 aliphatic heterocycles. The second kappa shape index (κ2) is 5.42. The van der Waals surface area contributed by atoms with Crippen molar-refractivity contribution < 1.29 is 9.53 Å². The summed E-state index contributed by atoms with van der Waals surface area (Å²) >= 11 is 0. The fraction of sp³-hybridized carbons (Fsp3) is 0.533. The van der Waals surface area contributed by atoms with Gasteiger partial charge in [-0.05, 0) is 38.5 Å². The number of carbonyl (C=O) groups excluding carboxylic acids is 1. The van der Waals surface area contributed by atoms with E-state index in [-0.39, 0.29) is 12.0 Å². The van der Waals surface area contributed by atoms with E-state index in [1.165, 1.54) is 0 Å². The first-order chi connectivity index (χ1) is 8.18. The van der Waals surface area contributed by atoms with Gasteiger partial charge in [-0.25, -0.2) is 0 Å². The van der Waals surface area contributed by atoms with Gasteiger partial charge in [-0.3, -0.25) is 4.79 Å². The number of ether oxygens (including phenoxy) is 1. The second-order valence-corrected chi connectivity index (χ2v) is 5.91. The minimum absolute atomic E-state index is 0.00333. The molecule has 0 spiro atoms. The summed E-state index contributed by atoms with van der Waals surface area (Å²) in [5.74, 6) is 0.790. The Hall–Kier alpha value is -1.51. The molecule has 0 saturated heterocycles. The standard InChI is InChI=1S/C15H23NO2/c1-10(2)18-13-8-11(3)7-12(9-13)16-14(17)15(4,5)6/h7-10H,1-6H3,(H,16,17). The monoisotopic (exact) mass is 249 g/mol. The second-order valence-electron chi connectivity index (χ2n) is 5.91. The number of amides is 1. The van der Waals surface area contributed by atoms with Gasteiger partial charge in [0.05, 0.1) is 6.10 Å². The molecular weight excluding hydrogens is 226 g/mol. The van der Waals surface area contributed by atoms with Crippen LogP contribution in [0, 0.1) is 12.3 Å². The van der Waals surface area contributed by atoms with Crippen LogP contribution < -0.4 is 10.1 Å². The highest BCUT2D eigenvalue weighted by atomic mass is 16.5. The van der Waals surface area contributed by atoms with E-state index in [9.17, 15) is 4.79 Å². The van der Waals surface area contributed by atoms with Crippen molar-refractivity contribution in [1.82, 2.24) is 0 Å². The van der Waals surface area contributed by atoms with Crippen molar-refractivity contribution in [3.05, 3.63) is 23.8 Å². The summed E-state index contributed by atoms with van der Waals surface area (Å²) in [6.07, 6.45) is 0.123.